The summed E-state index contributed by atoms with van der Waals surface area (Å²) in [7, 11) is 5.00. The van der Waals surface area contributed by atoms with Gasteiger partial charge in [-0.1, -0.05) is 22.0 Å². The van der Waals surface area contributed by atoms with Crippen molar-refractivity contribution in [3.05, 3.63) is 52.7 Å². The molecule has 2 aliphatic heterocycles. The molecular formula is C34H43BrClN5O6. The number of H-pyrrole nitrogens is 1. The maximum absolute atomic E-state index is 13.9. The van der Waals surface area contributed by atoms with Crippen LogP contribution in [0, 0.1) is 6.92 Å². The number of amides is 2. The number of hydrogen-bond donors (Lipinski definition) is 1. The maximum atomic E-state index is 13.9. The minimum atomic E-state index is -0.505. The van der Waals surface area contributed by atoms with Gasteiger partial charge in [0.25, 0.3) is 5.91 Å². The van der Waals surface area contributed by atoms with E-state index in [9.17, 15) is 14.4 Å². The third-order valence-electron chi connectivity index (χ3n) is 8.87. The van der Waals surface area contributed by atoms with Gasteiger partial charge in [-0.25, -0.2) is 9.59 Å². The first-order valence-electron chi connectivity index (χ1n) is 15.6. The zero-order valence-corrected chi connectivity index (χ0v) is 30.1. The van der Waals surface area contributed by atoms with Crippen molar-refractivity contribution < 1.29 is 28.6 Å². The molecule has 1 aromatic heterocycles. The number of esters is 1. The number of aryl methyl sites for hydroxylation is 1. The van der Waals surface area contributed by atoms with Crippen molar-refractivity contribution in [3.8, 4) is 11.5 Å². The summed E-state index contributed by atoms with van der Waals surface area (Å²) in [5.74, 6) is 0.173. The summed E-state index contributed by atoms with van der Waals surface area (Å²) in [6.45, 7) is 10.6. The topological polar surface area (TPSA) is 108 Å². The van der Waals surface area contributed by atoms with E-state index in [1.807, 2.05) is 25.2 Å². The molecule has 1 saturated heterocycles. The average Bonchev–Trinajstić information content (AvgIpc) is 3.61. The van der Waals surface area contributed by atoms with Crippen LogP contribution in [0.3, 0.4) is 0 Å². The first-order valence-corrected chi connectivity index (χ1v) is 16.7. The second-order valence-electron chi connectivity index (χ2n) is 11.6. The van der Waals surface area contributed by atoms with E-state index >= 15 is 0 Å². The van der Waals surface area contributed by atoms with Crippen molar-refractivity contribution in [2.45, 2.75) is 26.7 Å². The molecular weight excluding hydrogens is 690 g/mol. The molecule has 2 aliphatic rings. The van der Waals surface area contributed by atoms with Crippen molar-refractivity contribution in [1.29, 1.82) is 0 Å². The number of benzene rings is 2. The minimum Gasteiger partial charge on any atom is -0.495 e. The minimum absolute atomic E-state index is 0. The number of carbonyl (C=O) groups is 3. The van der Waals surface area contributed by atoms with Crippen LogP contribution < -0.4 is 19.3 Å². The van der Waals surface area contributed by atoms with Gasteiger partial charge in [0.15, 0.2) is 5.75 Å². The first-order chi connectivity index (χ1) is 22.1. The summed E-state index contributed by atoms with van der Waals surface area (Å²) in [5, 5.41) is 1.16. The van der Waals surface area contributed by atoms with Crippen LogP contribution in [0.15, 0.2) is 30.3 Å². The van der Waals surface area contributed by atoms with Crippen LogP contribution in [0.5, 0.6) is 11.5 Å². The quantitative estimate of drug-likeness (QED) is 0.167. The molecule has 11 nitrogen and oxygen atoms in total. The van der Waals surface area contributed by atoms with Crippen LogP contribution in [0.1, 0.15) is 46.9 Å². The molecule has 3 heterocycles. The highest BCUT2D eigenvalue weighted by molar-refractivity contribution is 9.09. The van der Waals surface area contributed by atoms with Gasteiger partial charge < -0.3 is 38.8 Å². The van der Waals surface area contributed by atoms with Gasteiger partial charge in [-0.05, 0) is 57.2 Å². The van der Waals surface area contributed by atoms with Crippen molar-refractivity contribution in [3.63, 3.8) is 0 Å². The summed E-state index contributed by atoms with van der Waals surface area (Å²) in [5.41, 5.74) is 4.72. The normalized spacial score (nSPS) is 16.3. The Morgan fingerprint density at radius 2 is 1.77 bits per heavy atom. The Morgan fingerprint density at radius 1 is 1.06 bits per heavy atom. The molecule has 254 valence electrons. The monoisotopic (exact) mass is 731 g/mol. The lowest BCUT2D eigenvalue weighted by molar-refractivity contribution is -0.114. The first kappa shape index (κ1) is 36.1. The molecule has 0 unspecified atom stereocenters. The van der Waals surface area contributed by atoms with E-state index < -0.39 is 12.1 Å². The smallest absolute Gasteiger partial charge is 0.415 e. The molecule has 47 heavy (non-hydrogen) atoms. The molecule has 0 spiro atoms. The van der Waals surface area contributed by atoms with E-state index in [-0.39, 0.29) is 30.0 Å². The number of rotatable bonds is 9. The van der Waals surface area contributed by atoms with E-state index in [0.717, 1.165) is 48.7 Å². The van der Waals surface area contributed by atoms with Crippen LogP contribution in [0.2, 0.25) is 0 Å². The Hall–Kier alpha value is -3.74. The van der Waals surface area contributed by atoms with E-state index in [4.69, 9.17) is 14.2 Å². The second-order valence-corrected chi connectivity index (χ2v) is 12.2. The Morgan fingerprint density at radius 3 is 2.38 bits per heavy atom. The third kappa shape index (κ3) is 7.09. The van der Waals surface area contributed by atoms with Crippen molar-refractivity contribution in [2.75, 3.05) is 82.2 Å². The largest absolute Gasteiger partial charge is 0.495 e. The SMILES string of the molecule is CCN(CC)c1cc(/C=C/C(=O)N2C[C@@H](CBr)c3c2cc(OC(=O)N2CCN(C)CC2)c2[nH]c(C)c(C(=O)OC)c32)ccc1OC.Cl. The number of likely N-dealkylation sites (N-methyl/N-ethyl adjacent to an activating group) is 1. The number of alkyl halides is 1. The summed E-state index contributed by atoms with van der Waals surface area (Å²) in [6, 6.07) is 7.58. The molecule has 2 aromatic carbocycles. The number of hydrogen-bond acceptors (Lipinski definition) is 8. The Bertz CT molecular complexity index is 1660. The standard InChI is InChI=1S/C34H42BrN5O6.ClH/c1-7-38(8-2)24-17-22(9-11-26(24)44-5)10-12-28(41)40-20-23(19-35)30-25(40)18-27(46-34(43)39-15-13-37(4)14-16-39)32-31(30)29(21(3)36-32)33(42)45-6;/h9-12,17-18,23,36H,7-8,13-16,19-20H2,1-6H3;1H/b12-10+;/t23-;/m1./s1. The van der Waals surface area contributed by atoms with Crippen LogP contribution in [0.25, 0.3) is 17.0 Å². The molecule has 5 rings (SSSR count). The zero-order valence-electron chi connectivity index (χ0n) is 27.7. The highest BCUT2D eigenvalue weighted by Gasteiger charge is 2.37. The molecule has 1 N–H and O–H groups in total. The van der Waals surface area contributed by atoms with Crippen LogP contribution in [-0.4, -0.2) is 105 Å². The Labute approximate surface area is 290 Å². The lowest BCUT2D eigenvalue weighted by Gasteiger charge is -2.31. The Balaban J connectivity index is 0.00000500. The van der Waals surface area contributed by atoms with Gasteiger partial charge in [-0.15, -0.1) is 12.4 Å². The fourth-order valence-electron chi connectivity index (χ4n) is 6.33. The molecule has 1 fully saturated rings. The number of fused-ring (bicyclic) bond motifs is 3. The van der Waals surface area contributed by atoms with Crippen molar-refractivity contribution >= 4 is 74.7 Å². The second kappa shape index (κ2) is 15.4. The predicted molar refractivity (Wildman–Crippen MR) is 191 cm³/mol. The van der Waals surface area contributed by atoms with Gasteiger partial charge >= 0.3 is 12.1 Å². The highest BCUT2D eigenvalue weighted by Crippen LogP contribution is 2.48. The molecule has 2 amide bonds. The number of anilines is 2. The number of carbonyl (C=O) groups excluding carboxylic acids is 3. The summed E-state index contributed by atoms with van der Waals surface area (Å²) < 4.78 is 16.8. The van der Waals surface area contributed by atoms with E-state index in [0.29, 0.717) is 52.8 Å². The van der Waals surface area contributed by atoms with Gasteiger partial charge in [-0.3, -0.25) is 4.79 Å². The van der Waals surface area contributed by atoms with Gasteiger partial charge in [0.1, 0.15) is 5.75 Å². The lowest BCUT2D eigenvalue weighted by atomic mass is 9.95. The molecule has 0 saturated carbocycles. The number of aromatic nitrogens is 1. The van der Waals surface area contributed by atoms with Gasteiger partial charge in [-0.2, -0.15) is 0 Å². The van der Waals surface area contributed by atoms with Crippen LogP contribution >= 0.6 is 28.3 Å². The molecule has 0 aliphatic carbocycles. The van der Waals surface area contributed by atoms with Crippen molar-refractivity contribution in [1.82, 2.24) is 14.8 Å². The number of halogens is 2. The third-order valence-corrected chi connectivity index (χ3v) is 9.66. The van der Waals surface area contributed by atoms with E-state index in [2.05, 4.69) is 44.6 Å². The fourth-order valence-corrected chi connectivity index (χ4v) is 6.86. The van der Waals surface area contributed by atoms with Crippen LogP contribution in [0.4, 0.5) is 16.2 Å². The highest BCUT2D eigenvalue weighted by atomic mass is 79.9. The number of nitrogens with one attached hydrogen (secondary N) is 1. The average molecular weight is 733 g/mol. The fraction of sp³-hybridized carbons (Fsp3) is 0.441. The van der Waals surface area contributed by atoms with Gasteiger partial charge in [0.2, 0.25) is 0 Å². The van der Waals surface area contributed by atoms with Crippen LogP contribution in [-0.2, 0) is 9.53 Å². The lowest BCUT2D eigenvalue weighted by Crippen LogP contribution is -2.48. The number of nitrogens with zero attached hydrogens (tertiary/aromatic N) is 4. The number of aromatic amines is 1. The molecule has 3 aromatic rings. The maximum Gasteiger partial charge on any atom is 0.415 e. The molecule has 13 heteroatoms. The van der Waals surface area contributed by atoms with Crippen molar-refractivity contribution in [2.24, 2.45) is 0 Å². The number of ether oxygens (including phenoxy) is 3. The molecule has 0 radical (unpaired) electrons. The predicted octanol–water partition coefficient (Wildman–Crippen LogP) is 5.82. The Kier molecular flexibility index (Phi) is 11.9. The molecule has 0 bridgehead atoms. The van der Waals surface area contributed by atoms with Gasteiger partial charge in [0, 0.05) is 80.3 Å². The summed E-state index contributed by atoms with van der Waals surface area (Å²) in [4.78, 5) is 51.3. The van der Waals surface area contributed by atoms with E-state index in [1.54, 1.807) is 42.1 Å². The number of piperazine rings is 1. The van der Waals surface area contributed by atoms with E-state index in [1.165, 1.54) is 7.11 Å². The molecule has 1 atom stereocenters. The summed E-state index contributed by atoms with van der Waals surface area (Å²) >= 11 is 3.64. The van der Waals surface area contributed by atoms with Gasteiger partial charge in [0.05, 0.1) is 36.7 Å². The summed E-state index contributed by atoms with van der Waals surface area (Å²) in [6.07, 6.45) is 2.87. The zero-order chi connectivity index (χ0) is 33.1. The number of methoxy groups -OCH3 is 2.